The minimum atomic E-state index is -0.957. The van der Waals surface area contributed by atoms with Gasteiger partial charge in [0, 0.05) is 18.4 Å². The molecule has 0 aliphatic heterocycles. The summed E-state index contributed by atoms with van der Waals surface area (Å²) in [4.78, 5) is 12.9. The van der Waals surface area contributed by atoms with Gasteiger partial charge >= 0.3 is 5.97 Å². The molecule has 5 aliphatic carbocycles. The summed E-state index contributed by atoms with van der Waals surface area (Å²) < 4.78 is 6.30. The van der Waals surface area contributed by atoms with Gasteiger partial charge in [-0.25, -0.2) is 0 Å². The standard InChI is InChI=1S/C31H50O6/c1-17-8-11-31(26(35)36)13-12-29(5)19(23(31)18(17)2)14-21(37-7)24-27(3)15-20(33)25(34)28(4,16-32)22(27)9-10-30(24,29)6/h14,17-18,20-25,32-34H,8-13,15-16H2,1-7H3,(H,35,36)/t17-,18+,20-,21-,22-,23-,24-,25+,27+,28+,29-,30-,31+/m1/s1. The smallest absolute Gasteiger partial charge is 0.310 e. The maximum absolute atomic E-state index is 12.9. The van der Waals surface area contributed by atoms with Crippen molar-refractivity contribution < 1.29 is 30.0 Å². The zero-order chi connectivity index (χ0) is 27.3. The van der Waals surface area contributed by atoms with Crippen LogP contribution in [0.5, 0.6) is 0 Å². The van der Waals surface area contributed by atoms with Crippen LogP contribution >= 0.6 is 0 Å². The van der Waals surface area contributed by atoms with Crippen LogP contribution in [0.15, 0.2) is 11.6 Å². The van der Waals surface area contributed by atoms with Crippen molar-refractivity contribution in [2.75, 3.05) is 13.7 Å². The molecule has 5 aliphatic rings. The van der Waals surface area contributed by atoms with E-state index in [9.17, 15) is 25.2 Å². The topological polar surface area (TPSA) is 107 Å². The van der Waals surface area contributed by atoms with Crippen LogP contribution in [0.2, 0.25) is 0 Å². The highest BCUT2D eigenvalue weighted by Gasteiger charge is 2.72. The molecule has 0 aromatic rings. The second kappa shape index (κ2) is 8.52. The molecule has 0 bridgehead atoms. The summed E-state index contributed by atoms with van der Waals surface area (Å²) in [6.45, 7) is 13.4. The first-order chi connectivity index (χ1) is 17.2. The van der Waals surface area contributed by atoms with Gasteiger partial charge < -0.3 is 25.2 Å². The predicted molar refractivity (Wildman–Crippen MR) is 142 cm³/mol. The van der Waals surface area contributed by atoms with Crippen molar-refractivity contribution in [3.05, 3.63) is 11.6 Å². The Morgan fingerprint density at radius 3 is 2.32 bits per heavy atom. The van der Waals surface area contributed by atoms with E-state index >= 15 is 0 Å². The fourth-order valence-electron chi connectivity index (χ4n) is 11.3. The third-order valence-corrected chi connectivity index (χ3v) is 13.7. The van der Waals surface area contributed by atoms with Crippen LogP contribution in [0, 0.1) is 56.7 Å². The highest BCUT2D eigenvalue weighted by Crippen LogP contribution is 2.76. The predicted octanol–water partition coefficient (Wildman–Crippen LogP) is 4.66. The molecule has 4 saturated carbocycles. The second-order valence-electron chi connectivity index (χ2n) is 14.8. The van der Waals surface area contributed by atoms with E-state index in [0.29, 0.717) is 18.8 Å². The first-order valence-electron chi connectivity index (χ1n) is 14.6. The van der Waals surface area contributed by atoms with E-state index in [4.69, 9.17) is 4.74 Å². The van der Waals surface area contributed by atoms with Crippen molar-refractivity contribution >= 4 is 5.97 Å². The molecule has 13 atom stereocenters. The Morgan fingerprint density at radius 2 is 1.73 bits per heavy atom. The zero-order valence-electron chi connectivity index (χ0n) is 24.0. The number of hydrogen-bond acceptors (Lipinski definition) is 5. The second-order valence-corrected chi connectivity index (χ2v) is 14.8. The van der Waals surface area contributed by atoms with E-state index in [0.717, 1.165) is 32.1 Å². The molecule has 4 fully saturated rings. The van der Waals surface area contributed by atoms with Crippen molar-refractivity contribution in [1.82, 2.24) is 0 Å². The van der Waals surface area contributed by atoms with Crippen LogP contribution in [0.1, 0.15) is 86.5 Å². The van der Waals surface area contributed by atoms with E-state index in [-0.39, 0.29) is 52.6 Å². The fraction of sp³-hybridized carbons (Fsp3) is 0.903. The number of allylic oxidation sites excluding steroid dienone is 1. The number of ether oxygens (including phenoxy) is 1. The lowest BCUT2D eigenvalue weighted by atomic mass is 9.32. The largest absolute Gasteiger partial charge is 0.481 e. The number of hydrogen-bond donors (Lipinski definition) is 4. The normalized spacial score (nSPS) is 57.3. The third kappa shape index (κ3) is 3.22. The lowest BCUT2D eigenvalue weighted by Gasteiger charge is -2.72. The Labute approximate surface area is 222 Å². The molecule has 0 saturated heterocycles. The molecule has 210 valence electrons. The number of fused-ring (bicyclic) bond motifs is 7. The van der Waals surface area contributed by atoms with E-state index in [1.807, 2.05) is 6.92 Å². The maximum atomic E-state index is 12.9. The van der Waals surface area contributed by atoms with Crippen molar-refractivity contribution in [3.63, 3.8) is 0 Å². The highest BCUT2D eigenvalue weighted by atomic mass is 16.5. The van der Waals surface area contributed by atoms with Gasteiger partial charge in [-0.2, -0.15) is 0 Å². The van der Waals surface area contributed by atoms with Crippen LogP contribution in [-0.2, 0) is 9.53 Å². The molecule has 37 heavy (non-hydrogen) atoms. The summed E-state index contributed by atoms with van der Waals surface area (Å²) in [5.41, 5.74) is -0.870. The van der Waals surface area contributed by atoms with Gasteiger partial charge in [-0.3, -0.25) is 4.79 Å². The Hall–Kier alpha value is -0.950. The molecule has 5 rings (SSSR count). The van der Waals surface area contributed by atoms with Crippen LogP contribution in [-0.4, -0.2) is 58.4 Å². The molecule has 0 heterocycles. The highest BCUT2D eigenvalue weighted by molar-refractivity contribution is 5.76. The SMILES string of the molecule is CO[C@@H]1C=C2[C@H]3[C@@H](C)[C@H](C)CC[C@]3(C(=O)O)CC[C@@]2(C)[C@]2(C)CC[C@@H]3[C@](C)(C[C@@H](O)[C@H](O)[C@@]3(C)CO)[C@@H]12. The van der Waals surface area contributed by atoms with Crippen molar-refractivity contribution in [3.8, 4) is 0 Å². The summed E-state index contributed by atoms with van der Waals surface area (Å²) in [6, 6.07) is 0. The maximum Gasteiger partial charge on any atom is 0.310 e. The summed E-state index contributed by atoms with van der Waals surface area (Å²) >= 11 is 0. The first kappa shape index (κ1) is 27.6. The van der Waals surface area contributed by atoms with Gasteiger partial charge in [0.05, 0.1) is 30.3 Å². The van der Waals surface area contributed by atoms with Crippen LogP contribution in [0.25, 0.3) is 0 Å². The summed E-state index contributed by atoms with van der Waals surface area (Å²) in [5.74, 6) is 0.242. The van der Waals surface area contributed by atoms with Gasteiger partial charge in [0.25, 0.3) is 0 Å². The van der Waals surface area contributed by atoms with Gasteiger partial charge in [-0.05, 0) is 84.9 Å². The van der Waals surface area contributed by atoms with E-state index in [1.165, 1.54) is 5.57 Å². The molecule has 0 spiro atoms. The molecular weight excluding hydrogens is 468 g/mol. The minimum absolute atomic E-state index is 0.00469. The van der Waals surface area contributed by atoms with E-state index < -0.39 is 29.0 Å². The summed E-state index contributed by atoms with van der Waals surface area (Å²) in [7, 11) is 1.76. The number of carboxylic acid groups (broad SMARTS) is 1. The van der Waals surface area contributed by atoms with Crippen LogP contribution in [0.4, 0.5) is 0 Å². The number of aliphatic carboxylic acids is 1. The average molecular weight is 519 g/mol. The Morgan fingerprint density at radius 1 is 1.05 bits per heavy atom. The molecule has 0 aromatic heterocycles. The van der Waals surface area contributed by atoms with E-state index in [2.05, 4.69) is 40.7 Å². The van der Waals surface area contributed by atoms with Crippen molar-refractivity contribution in [2.24, 2.45) is 56.7 Å². The molecule has 0 unspecified atom stereocenters. The van der Waals surface area contributed by atoms with E-state index in [1.54, 1.807) is 7.11 Å². The zero-order valence-corrected chi connectivity index (χ0v) is 24.0. The molecule has 0 radical (unpaired) electrons. The number of aliphatic hydroxyl groups is 3. The fourth-order valence-corrected chi connectivity index (χ4v) is 11.3. The number of aliphatic hydroxyl groups excluding tert-OH is 3. The summed E-state index contributed by atoms with van der Waals surface area (Å²) in [5, 5.41) is 43.3. The molecule has 4 N–H and O–H groups in total. The molecule has 6 heteroatoms. The molecule has 0 aromatic carbocycles. The van der Waals surface area contributed by atoms with Crippen molar-refractivity contribution in [1.29, 1.82) is 0 Å². The van der Waals surface area contributed by atoms with Crippen LogP contribution in [0.3, 0.4) is 0 Å². The Balaban J connectivity index is 1.69. The molecule has 0 amide bonds. The van der Waals surface area contributed by atoms with Gasteiger partial charge in [-0.1, -0.05) is 53.2 Å². The lowest BCUT2D eigenvalue weighted by molar-refractivity contribution is -0.260. The number of carbonyl (C=O) groups is 1. The number of methoxy groups -OCH3 is 1. The molecule has 6 nitrogen and oxygen atoms in total. The lowest BCUT2D eigenvalue weighted by Crippen LogP contribution is -2.70. The monoisotopic (exact) mass is 518 g/mol. The number of rotatable bonds is 3. The third-order valence-electron chi connectivity index (χ3n) is 13.7. The molecular formula is C31H50O6. The van der Waals surface area contributed by atoms with Gasteiger partial charge in [0.1, 0.15) is 0 Å². The van der Waals surface area contributed by atoms with Crippen LogP contribution < -0.4 is 0 Å². The average Bonchev–Trinajstić information content (AvgIpc) is 2.84. The van der Waals surface area contributed by atoms with Gasteiger partial charge in [-0.15, -0.1) is 0 Å². The van der Waals surface area contributed by atoms with Gasteiger partial charge in [0.15, 0.2) is 0 Å². The van der Waals surface area contributed by atoms with Crippen molar-refractivity contribution in [2.45, 2.75) is 105 Å². The minimum Gasteiger partial charge on any atom is -0.481 e. The Kier molecular flexibility index (Phi) is 6.36. The summed E-state index contributed by atoms with van der Waals surface area (Å²) in [6.07, 6.45) is 5.76. The number of carboxylic acids is 1. The Bertz CT molecular complexity index is 979. The quantitative estimate of drug-likeness (QED) is 0.405. The van der Waals surface area contributed by atoms with Gasteiger partial charge in [0.2, 0.25) is 0 Å². The first-order valence-corrected chi connectivity index (χ1v) is 14.6.